The van der Waals surface area contributed by atoms with Gasteiger partial charge in [-0.25, -0.2) is 5.48 Å². The van der Waals surface area contributed by atoms with Crippen LogP contribution in [0, 0.1) is 17.3 Å². The van der Waals surface area contributed by atoms with Crippen LogP contribution in [0.2, 0.25) is 0 Å². The number of ether oxygens (including phenoxy) is 1. The van der Waals surface area contributed by atoms with Crippen molar-refractivity contribution >= 4 is 17.5 Å². The number of carbonyl (C=O) groups excluding carboxylic acids is 2. The van der Waals surface area contributed by atoms with E-state index < -0.39 is 5.91 Å². The fourth-order valence-electron chi connectivity index (χ4n) is 4.66. The van der Waals surface area contributed by atoms with E-state index >= 15 is 0 Å². The van der Waals surface area contributed by atoms with Gasteiger partial charge < -0.3 is 9.64 Å². The first-order valence-corrected chi connectivity index (χ1v) is 9.22. The molecule has 4 rings (SSSR count). The molecule has 1 aliphatic heterocycles. The highest BCUT2D eigenvalue weighted by molar-refractivity contribution is 6.00. The van der Waals surface area contributed by atoms with E-state index in [-0.39, 0.29) is 23.2 Å². The van der Waals surface area contributed by atoms with Gasteiger partial charge in [-0.1, -0.05) is 18.2 Å². The number of nitrogens with zero attached hydrogens (tertiary/aromatic N) is 2. The normalized spacial score (nSPS) is 29.5. The average Bonchev–Trinajstić information content (AvgIpc) is 3.02. The number of nitrogens with one attached hydrogen (secondary N) is 1. The Morgan fingerprint density at radius 1 is 1.37 bits per heavy atom. The summed E-state index contributed by atoms with van der Waals surface area (Å²) in [6.07, 6.45) is 12.3. The molecule has 0 aromatic carbocycles. The van der Waals surface area contributed by atoms with E-state index in [1.165, 1.54) is 0 Å². The number of allylic oxidation sites excluding steroid dienone is 2. The zero-order valence-corrected chi connectivity index (χ0v) is 15.2. The minimum absolute atomic E-state index is 0.160. The fraction of sp³-hybridized carbons (Fsp3) is 0.450. The Balaban J connectivity index is 1.52. The summed E-state index contributed by atoms with van der Waals surface area (Å²) in [5, 5.41) is 8.82. The summed E-state index contributed by atoms with van der Waals surface area (Å²) in [5.74, 6) is 0.778. The molecule has 2 fully saturated rings. The summed E-state index contributed by atoms with van der Waals surface area (Å²) in [7, 11) is 1.59. The highest BCUT2D eigenvalue weighted by Crippen LogP contribution is 2.51. The van der Waals surface area contributed by atoms with Crippen LogP contribution in [0.5, 0.6) is 5.75 Å². The van der Waals surface area contributed by atoms with Gasteiger partial charge in [-0.05, 0) is 37.5 Å². The molecular formula is C20H23N3O4. The third kappa shape index (κ3) is 3.02. The predicted octanol–water partition coefficient (Wildman–Crippen LogP) is 2.23. The van der Waals surface area contributed by atoms with Crippen LogP contribution in [0.25, 0.3) is 0 Å². The first kappa shape index (κ1) is 17.7. The van der Waals surface area contributed by atoms with Crippen LogP contribution in [-0.2, 0) is 9.59 Å². The maximum Gasteiger partial charge on any atom is 0.274 e. The van der Waals surface area contributed by atoms with Gasteiger partial charge in [0.25, 0.3) is 5.91 Å². The second-order valence-corrected chi connectivity index (χ2v) is 7.56. The lowest BCUT2D eigenvalue weighted by molar-refractivity contribution is -0.128. The summed E-state index contributed by atoms with van der Waals surface area (Å²) in [6.45, 7) is 0.683. The van der Waals surface area contributed by atoms with E-state index in [0.29, 0.717) is 17.9 Å². The van der Waals surface area contributed by atoms with E-state index in [0.717, 1.165) is 31.4 Å². The second-order valence-electron chi connectivity index (χ2n) is 7.56. The molecule has 2 amide bonds. The maximum atomic E-state index is 13.3. The molecular weight excluding hydrogens is 346 g/mol. The van der Waals surface area contributed by atoms with Crippen LogP contribution in [0.1, 0.15) is 25.7 Å². The molecule has 1 saturated carbocycles. The van der Waals surface area contributed by atoms with Crippen molar-refractivity contribution in [2.75, 3.05) is 18.6 Å². The van der Waals surface area contributed by atoms with Gasteiger partial charge in [-0.3, -0.25) is 19.8 Å². The van der Waals surface area contributed by atoms with E-state index in [4.69, 9.17) is 9.94 Å². The molecule has 3 atom stereocenters. The van der Waals surface area contributed by atoms with Crippen LogP contribution in [0.4, 0.5) is 5.69 Å². The molecule has 27 heavy (non-hydrogen) atoms. The summed E-state index contributed by atoms with van der Waals surface area (Å²) in [4.78, 5) is 30.9. The molecule has 2 heterocycles. The number of hydrogen-bond donors (Lipinski definition) is 2. The van der Waals surface area contributed by atoms with Crippen LogP contribution >= 0.6 is 0 Å². The summed E-state index contributed by atoms with van der Waals surface area (Å²) in [6, 6.07) is 1.85. The fourth-order valence-corrected chi connectivity index (χ4v) is 4.66. The molecule has 2 N–H and O–H groups in total. The van der Waals surface area contributed by atoms with Crippen molar-refractivity contribution in [1.29, 1.82) is 0 Å². The Kier molecular flexibility index (Phi) is 4.47. The number of anilines is 1. The molecule has 1 saturated heterocycles. The van der Waals surface area contributed by atoms with Crippen molar-refractivity contribution < 1.29 is 19.5 Å². The molecule has 1 aromatic rings. The molecule has 7 nitrogen and oxygen atoms in total. The van der Waals surface area contributed by atoms with Crippen LogP contribution < -0.4 is 15.1 Å². The zero-order chi connectivity index (χ0) is 19.0. The number of methoxy groups -OCH3 is 1. The Bertz CT molecular complexity index is 834. The summed E-state index contributed by atoms with van der Waals surface area (Å²) < 4.78 is 5.23. The van der Waals surface area contributed by atoms with Crippen molar-refractivity contribution in [1.82, 2.24) is 10.5 Å². The Morgan fingerprint density at radius 2 is 2.22 bits per heavy atom. The van der Waals surface area contributed by atoms with Crippen LogP contribution in [0.3, 0.4) is 0 Å². The van der Waals surface area contributed by atoms with E-state index in [2.05, 4.69) is 4.98 Å². The zero-order valence-electron chi connectivity index (χ0n) is 15.2. The maximum absolute atomic E-state index is 13.3. The largest absolute Gasteiger partial charge is 0.495 e. The molecule has 1 spiro atoms. The SMILES string of the molecule is COc1cncc(N2CC[C@]3(CCC4C=C(C(=O)NO)C=CC4C3)C2=O)c1. The molecule has 0 radical (unpaired) electrons. The van der Waals surface area contributed by atoms with Crippen molar-refractivity contribution in [3.8, 4) is 5.75 Å². The molecule has 142 valence electrons. The number of amides is 2. The number of fused-ring (bicyclic) bond motifs is 1. The van der Waals surface area contributed by atoms with Crippen molar-refractivity contribution in [3.63, 3.8) is 0 Å². The van der Waals surface area contributed by atoms with Crippen molar-refractivity contribution in [3.05, 3.63) is 42.3 Å². The number of carbonyl (C=O) groups is 2. The first-order chi connectivity index (χ1) is 13.1. The Hall–Kier alpha value is -2.67. The highest BCUT2D eigenvalue weighted by atomic mass is 16.5. The van der Waals surface area contributed by atoms with Gasteiger partial charge in [-0.2, -0.15) is 0 Å². The Labute approximate surface area is 157 Å². The molecule has 2 unspecified atom stereocenters. The minimum atomic E-state index is -0.487. The van der Waals surface area contributed by atoms with Gasteiger partial charge in [0.1, 0.15) is 5.75 Å². The van der Waals surface area contributed by atoms with Crippen molar-refractivity contribution in [2.24, 2.45) is 17.3 Å². The second kappa shape index (κ2) is 6.81. The van der Waals surface area contributed by atoms with Crippen molar-refractivity contribution in [2.45, 2.75) is 25.7 Å². The third-order valence-electron chi connectivity index (χ3n) is 6.17. The minimum Gasteiger partial charge on any atom is -0.495 e. The molecule has 7 heteroatoms. The lowest BCUT2D eigenvalue weighted by Crippen LogP contribution is -2.41. The summed E-state index contributed by atoms with van der Waals surface area (Å²) in [5.41, 5.74) is 2.60. The molecule has 0 bridgehead atoms. The van der Waals surface area contributed by atoms with Gasteiger partial charge in [0.15, 0.2) is 0 Å². The molecule has 3 aliphatic rings. The summed E-state index contributed by atoms with van der Waals surface area (Å²) >= 11 is 0. The molecule has 1 aromatic heterocycles. The van der Waals surface area contributed by atoms with Crippen LogP contribution in [-0.4, -0.2) is 35.7 Å². The number of hydroxylamine groups is 1. The van der Waals surface area contributed by atoms with Gasteiger partial charge in [-0.15, -0.1) is 0 Å². The van der Waals surface area contributed by atoms with Gasteiger partial charge in [0.2, 0.25) is 5.91 Å². The quantitative estimate of drug-likeness (QED) is 0.630. The van der Waals surface area contributed by atoms with E-state index in [9.17, 15) is 9.59 Å². The number of aromatic nitrogens is 1. The van der Waals surface area contributed by atoms with Gasteiger partial charge in [0, 0.05) is 18.2 Å². The lowest BCUT2D eigenvalue weighted by atomic mass is 9.63. The van der Waals surface area contributed by atoms with Crippen LogP contribution in [0.15, 0.2) is 42.3 Å². The van der Waals surface area contributed by atoms with Gasteiger partial charge in [0.05, 0.1) is 30.6 Å². The third-order valence-corrected chi connectivity index (χ3v) is 6.17. The monoisotopic (exact) mass is 369 g/mol. The molecule has 2 aliphatic carbocycles. The highest BCUT2D eigenvalue weighted by Gasteiger charge is 2.51. The number of rotatable bonds is 3. The lowest BCUT2D eigenvalue weighted by Gasteiger charge is -2.40. The van der Waals surface area contributed by atoms with E-state index in [1.807, 2.05) is 23.1 Å². The standard InChI is InChI=1S/C20H23N3O4/c1-27-17-9-16(11-21-12-17)23-7-6-20(19(23)25)5-4-13-8-14(18(24)22-26)2-3-15(13)10-20/h2-3,8-9,11-13,15,26H,4-7,10H2,1H3,(H,22,24)/t13?,15?,20-/m0/s1. The first-order valence-electron chi connectivity index (χ1n) is 9.22. The predicted molar refractivity (Wildman–Crippen MR) is 98.2 cm³/mol. The van der Waals surface area contributed by atoms with Gasteiger partial charge >= 0.3 is 0 Å². The average molecular weight is 369 g/mol. The number of hydrogen-bond acceptors (Lipinski definition) is 5. The smallest absolute Gasteiger partial charge is 0.274 e. The Morgan fingerprint density at radius 3 is 3.00 bits per heavy atom. The topological polar surface area (TPSA) is 91.8 Å². The number of pyridine rings is 1. The van der Waals surface area contributed by atoms with E-state index in [1.54, 1.807) is 31.1 Å².